The summed E-state index contributed by atoms with van der Waals surface area (Å²) in [5.74, 6) is 0. The molecule has 0 aliphatic carbocycles. The number of rotatable bonds is 0. The molecule has 0 heterocycles. The van der Waals surface area contributed by atoms with E-state index >= 15 is 0 Å². The van der Waals surface area contributed by atoms with Crippen LogP contribution in [0.4, 0.5) is 9.59 Å². The van der Waals surface area contributed by atoms with Crippen molar-refractivity contribution in [3.05, 3.63) is 0 Å². The van der Waals surface area contributed by atoms with Gasteiger partial charge in [0.2, 0.25) is 6.08 Å². The maximum absolute atomic E-state index is 9.54. The summed E-state index contributed by atoms with van der Waals surface area (Å²) < 4.78 is 0. The van der Waals surface area contributed by atoms with E-state index in [-0.39, 0.29) is 0 Å². The van der Waals surface area contributed by atoms with Crippen molar-refractivity contribution in [1.82, 2.24) is 5.32 Å². The molecule has 0 aliphatic heterocycles. The van der Waals surface area contributed by atoms with Gasteiger partial charge in [-0.2, -0.15) is 0 Å². The van der Waals surface area contributed by atoms with E-state index in [1.54, 1.807) is 0 Å². The first kappa shape index (κ1) is 11.0. The lowest BCUT2D eigenvalue weighted by Crippen LogP contribution is -2.33. The van der Waals surface area contributed by atoms with Gasteiger partial charge >= 0.3 is 12.1 Å². The number of imide groups is 1. The van der Waals surface area contributed by atoms with Gasteiger partial charge in [0.05, 0.1) is 0 Å². The number of carboxylic acid groups (broad SMARTS) is 1. The largest absolute Gasteiger partial charge is 0.465 e. The molecule has 10 heavy (non-hydrogen) atoms. The van der Waals surface area contributed by atoms with Crippen LogP contribution in [0.5, 0.6) is 0 Å². The predicted octanol–water partition coefficient (Wildman–Crippen LogP) is -0.766. The summed E-state index contributed by atoms with van der Waals surface area (Å²) >= 11 is 0. The van der Waals surface area contributed by atoms with E-state index < -0.39 is 12.1 Å². The van der Waals surface area contributed by atoms with Crippen LogP contribution in [0.2, 0.25) is 0 Å². The number of primary amides is 1. The monoisotopic (exact) mass is 147 g/mol. The molecule has 0 bridgehead atoms. The SMILES string of the molecule is N=C=O.NC(=O)NC(=O)O. The molecule has 0 atom stereocenters. The Labute approximate surface area is 55.3 Å². The van der Waals surface area contributed by atoms with E-state index in [1.807, 2.05) is 0 Å². The summed E-state index contributed by atoms with van der Waals surface area (Å²) in [7, 11) is 0. The molecule has 7 heteroatoms. The molecule has 0 saturated heterocycles. The first-order valence-corrected chi connectivity index (χ1v) is 1.87. The van der Waals surface area contributed by atoms with Gasteiger partial charge in [-0.25, -0.2) is 25.1 Å². The van der Waals surface area contributed by atoms with Gasteiger partial charge in [-0.05, 0) is 0 Å². The highest BCUT2D eigenvalue weighted by Crippen LogP contribution is 1.55. The van der Waals surface area contributed by atoms with Gasteiger partial charge in [0.1, 0.15) is 0 Å². The van der Waals surface area contributed by atoms with E-state index in [2.05, 4.69) is 5.73 Å². The van der Waals surface area contributed by atoms with Crippen molar-refractivity contribution < 1.29 is 19.5 Å². The fourth-order valence-electron chi connectivity index (χ4n) is 0.105. The number of urea groups is 1. The van der Waals surface area contributed by atoms with Gasteiger partial charge in [-0.15, -0.1) is 0 Å². The second kappa shape index (κ2) is 7.12. The number of carbonyl (C=O) groups excluding carboxylic acids is 2. The molecule has 0 aromatic rings. The average Bonchev–Trinajstić information content (AvgIpc) is 1.62. The molecule has 0 aliphatic rings. The molecule has 7 nitrogen and oxygen atoms in total. The molecular weight excluding hydrogens is 142 g/mol. The van der Waals surface area contributed by atoms with E-state index in [9.17, 15) is 9.59 Å². The van der Waals surface area contributed by atoms with Crippen LogP contribution in [0.3, 0.4) is 0 Å². The Kier molecular flexibility index (Phi) is 7.83. The molecule has 0 rings (SSSR count). The summed E-state index contributed by atoms with van der Waals surface area (Å²) in [6, 6.07) is -1.06. The summed E-state index contributed by atoms with van der Waals surface area (Å²) in [5, 5.41) is 14.4. The molecule has 0 aromatic carbocycles. The molecule has 3 amide bonds. The Morgan fingerprint density at radius 3 is 1.90 bits per heavy atom. The first-order valence-electron chi connectivity index (χ1n) is 1.87. The van der Waals surface area contributed by atoms with Gasteiger partial charge in [0.15, 0.2) is 0 Å². The maximum atomic E-state index is 9.54. The fourth-order valence-corrected chi connectivity index (χ4v) is 0.105. The minimum Gasteiger partial charge on any atom is -0.465 e. The Hall–Kier alpha value is -1.88. The minimum absolute atomic E-state index is 0.750. The highest BCUT2D eigenvalue weighted by molar-refractivity contribution is 5.88. The smallest absolute Gasteiger partial charge is 0.412 e. The topological polar surface area (TPSA) is 133 Å². The van der Waals surface area contributed by atoms with Crippen molar-refractivity contribution in [1.29, 1.82) is 5.41 Å². The summed E-state index contributed by atoms with van der Waals surface area (Å²) in [4.78, 5) is 27.3. The highest BCUT2D eigenvalue weighted by atomic mass is 16.4. The van der Waals surface area contributed by atoms with Gasteiger partial charge in [-0.3, -0.25) is 0 Å². The number of hydrogen-bond donors (Lipinski definition) is 4. The van der Waals surface area contributed by atoms with Crippen molar-refractivity contribution in [3.63, 3.8) is 0 Å². The number of hydrogen-bond acceptors (Lipinski definition) is 4. The van der Waals surface area contributed by atoms with E-state index in [1.165, 1.54) is 5.32 Å². The van der Waals surface area contributed by atoms with Crippen LogP contribution in [-0.2, 0) is 4.79 Å². The van der Waals surface area contributed by atoms with Crippen LogP contribution in [0.1, 0.15) is 0 Å². The quantitative estimate of drug-likeness (QED) is 0.264. The van der Waals surface area contributed by atoms with Crippen molar-refractivity contribution >= 4 is 18.2 Å². The van der Waals surface area contributed by atoms with Gasteiger partial charge in [-0.1, -0.05) is 0 Å². The highest BCUT2D eigenvalue weighted by Gasteiger charge is 1.94. The van der Waals surface area contributed by atoms with Gasteiger partial charge in [0.25, 0.3) is 0 Å². The number of carbonyl (C=O) groups is 2. The molecule has 0 radical (unpaired) electrons. The predicted molar refractivity (Wildman–Crippen MR) is 29.2 cm³/mol. The number of isocyanates is 1. The van der Waals surface area contributed by atoms with Crippen molar-refractivity contribution in [2.24, 2.45) is 5.73 Å². The number of nitrogens with one attached hydrogen (secondary N) is 2. The van der Waals surface area contributed by atoms with Crippen LogP contribution in [-0.4, -0.2) is 23.3 Å². The lowest BCUT2D eigenvalue weighted by molar-refractivity contribution is 0.193. The fraction of sp³-hybridized carbons (Fsp3) is 0. The molecule has 0 saturated carbocycles. The second-order valence-corrected chi connectivity index (χ2v) is 0.896. The second-order valence-electron chi connectivity index (χ2n) is 0.896. The zero-order valence-corrected chi connectivity index (χ0v) is 4.75. The van der Waals surface area contributed by atoms with E-state index in [4.69, 9.17) is 15.3 Å². The minimum atomic E-state index is -1.44. The third-order valence-electron chi connectivity index (χ3n) is 0.230. The summed E-state index contributed by atoms with van der Waals surface area (Å²) in [5.41, 5.74) is 4.36. The first-order chi connectivity index (χ1) is 4.54. The Balaban J connectivity index is 0. The molecule has 0 spiro atoms. The standard InChI is InChI=1S/C2H4N2O3.CHNO/c3-1(5)4-2(6)7;2-1-3/h(H,6,7)(H3,3,4,5);2H. The Bertz CT molecular complexity index is 147. The van der Waals surface area contributed by atoms with Crippen molar-refractivity contribution in [2.45, 2.75) is 0 Å². The van der Waals surface area contributed by atoms with Crippen molar-refractivity contribution in [3.8, 4) is 0 Å². The van der Waals surface area contributed by atoms with Crippen molar-refractivity contribution in [2.75, 3.05) is 0 Å². The molecule has 0 fully saturated rings. The van der Waals surface area contributed by atoms with Crippen LogP contribution >= 0.6 is 0 Å². The number of amides is 3. The molecule has 56 valence electrons. The van der Waals surface area contributed by atoms with Crippen LogP contribution in [0.15, 0.2) is 0 Å². The Morgan fingerprint density at radius 1 is 1.60 bits per heavy atom. The zero-order chi connectivity index (χ0) is 8.57. The molecular formula is C3H5N3O4. The zero-order valence-electron chi connectivity index (χ0n) is 4.75. The third kappa shape index (κ3) is 35.7. The van der Waals surface area contributed by atoms with Crippen LogP contribution in [0, 0.1) is 5.41 Å². The molecule has 0 aromatic heterocycles. The average molecular weight is 147 g/mol. The van der Waals surface area contributed by atoms with E-state index in [0.717, 1.165) is 6.08 Å². The lowest BCUT2D eigenvalue weighted by atomic mass is 11.0. The normalized spacial score (nSPS) is 6.00. The van der Waals surface area contributed by atoms with Gasteiger partial charge in [0, 0.05) is 0 Å². The van der Waals surface area contributed by atoms with Crippen LogP contribution in [0.25, 0.3) is 0 Å². The van der Waals surface area contributed by atoms with Gasteiger partial charge < -0.3 is 10.8 Å². The Morgan fingerprint density at radius 2 is 1.90 bits per heavy atom. The van der Waals surface area contributed by atoms with Crippen LogP contribution < -0.4 is 11.1 Å². The molecule has 0 unspecified atom stereocenters. The third-order valence-corrected chi connectivity index (χ3v) is 0.230. The summed E-state index contributed by atoms with van der Waals surface area (Å²) in [6.45, 7) is 0. The number of nitrogens with two attached hydrogens (primary N) is 1. The van der Waals surface area contributed by atoms with E-state index in [0.29, 0.717) is 0 Å². The maximum Gasteiger partial charge on any atom is 0.412 e. The molecule has 5 N–H and O–H groups in total. The summed E-state index contributed by atoms with van der Waals surface area (Å²) in [6.07, 6.45) is -0.687. The lowest BCUT2D eigenvalue weighted by Gasteiger charge is -1.86.